The van der Waals surface area contributed by atoms with Crippen LogP contribution in [0.15, 0.2) is 22.9 Å². The van der Waals surface area contributed by atoms with Gasteiger partial charge in [0.25, 0.3) is 0 Å². The molecule has 1 heterocycles. The minimum absolute atomic E-state index is 0.583. The van der Waals surface area contributed by atoms with E-state index in [0.29, 0.717) is 15.5 Å². The zero-order chi connectivity index (χ0) is 10.8. The van der Waals surface area contributed by atoms with Crippen LogP contribution in [0.3, 0.4) is 0 Å². The highest BCUT2D eigenvalue weighted by Crippen LogP contribution is 2.33. The van der Waals surface area contributed by atoms with Crippen LogP contribution in [0.4, 0.5) is 0 Å². The van der Waals surface area contributed by atoms with E-state index >= 15 is 0 Å². The lowest BCUT2D eigenvalue weighted by Crippen LogP contribution is -1.87. The topological polar surface area (TPSA) is 35.0 Å². The number of ether oxygens (including phenoxy) is 1. The van der Waals surface area contributed by atoms with Gasteiger partial charge in [-0.2, -0.15) is 4.37 Å². The van der Waals surface area contributed by atoms with Crippen LogP contribution in [-0.4, -0.2) is 16.5 Å². The second-order valence-corrected chi connectivity index (χ2v) is 4.61. The van der Waals surface area contributed by atoms with Crippen LogP contribution in [0.25, 0.3) is 10.6 Å². The van der Waals surface area contributed by atoms with Gasteiger partial charge < -0.3 is 4.74 Å². The van der Waals surface area contributed by atoms with Crippen LogP contribution < -0.4 is 4.74 Å². The maximum atomic E-state index is 5.87. The molecule has 1 aromatic carbocycles. The monoisotopic (exact) mass is 304 g/mol. The maximum absolute atomic E-state index is 5.87. The number of halogens is 2. The standard InChI is InChI=1S/C9H6BrClN2OS/c1-14-7-4-5(11)2-3-6(7)8-12-9(10)13-15-8/h2-4H,1H3. The van der Waals surface area contributed by atoms with Gasteiger partial charge in [-0.1, -0.05) is 11.6 Å². The molecular formula is C9H6BrClN2OS. The minimum atomic E-state index is 0.583. The summed E-state index contributed by atoms with van der Waals surface area (Å²) in [7, 11) is 1.60. The van der Waals surface area contributed by atoms with Crippen molar-refractivity contribution in [1.82, 2.24) is 9.36 Å². The molecule has 0 aliphatic rings. The van der Waals surface area contributed by atoms with Gasteiger partial charge in [0.05, 0.1) is 12.7 Å². The number of rotatable bonds is 2. The number of hydrogen-bond donors (Lipinski definition) is 0. The van der Waals surface area contributed by atoms with Gasteiger partial charge in [-0.15, -0.1) is 0 Å². The fourth-order valence-corrected chi connectivity index (χ4v) is 2.43. The largest absolute Gasteiger partial charge is 0.496 e. The summed E-state index contributed by atoms with van der Waals surface area (Å²) in [5, 5.41) is 1.44. The van der Waals surface area contributed by atoms with E-state index < -0.39 is 0 Å². The molecule has 0 amide bonds. The van der Waals surface area contributed by atoms with Crippen LogP contribution in [-0.2, 0) is 0 Å². The maximum Gasteiger partial charge on any atom is 0.209 e. The van der Waals surface area contributed by atoms with Crippen molar-refractivity contribution < 1.29 is 4.74 Å². The fraction of sp³-hybridized carbons (Fsp3) is 0.111. The Balaban J connectivity index is 2.52. The number of aromatic nitrogens is 2. The second kappa shape index (κ2) is 4.47. The zero-order valence-electron chi connectivity index (χ0n) is 7.70. The van der Waals surface area contributed by atoms with Crippen molar-refractivity contribution in [1.29, 1.82) is 0 Å². The molecule has 15 heavy (non-hydrogen) atoms. The Bertz CT molecular complexity index is 489. The lowest BCUT2D eigenvalue weighted by Gasteiger charge is -2.05. The van der Waals surface area contributed by atoms with E-state index in [4.69, 9.17) is 16.3 Å². The minimum Gasteiger partial charge on any atom is -0.496 e. The van der Waals surface area contributed by atoms with E-state index in [0.717, 1.165) is 10.6 Å². The second-order valence-electron chi connectivity index (χ2n) is 2.71. The molecule has 0 fully saturated rings. The van der Waals surface area contributed by atoms with Crippen molar-refractivity contribution in [2.45, 2.75) is 0 Å². The third kappa shape index (κ3) is 2.30. The molecule has 0 atom stereocenters. The van der Waals surface area contributed by atoms with Crippen LogP contribution in [0.2, 0.25) is 5.02 Å². The Hall–Kier alpha value is -0.650. The summed E-state index contributed by atoms with van der Waals surface area (Å²) >= 11 is 10.4. The van der Waals surface area contributed by atoms with Crippen molar-refractivity contribution in [2.75, 3.05) is 7.11 Å². The molecule has 78 valence electrons. The Morgan fingerprint density at radius 2 is 2.27 bits per heavy atom. The number of nitrogens with zero attached hydrogens (tertiary/aromatic N) is 2. The Labute approximate surface area is 104 Å². The van der Waals surface area contributed by atoms with Crippen LogP contribution >= 0.6 is 39.1 Å². The van der Waals surface area contributed by atoms with E-state index in [-0.39, 0.29) is 0 Å². The lowest BCUT2D eigenvalue weighted by molar-refractivity contribution is 0.416. The van der Waals surface area contributed by atoms with E-state index in [9.17, 15) is 0 Å². The summed E-state index contributed by atoms with van der Waals surface area (Å²) in [5.74, 6) is 0.700. The summed E-state index contributed by atoms with van der Waals surface area (Å²) in [6.45, 7) is 0. The molecule has 0 aliphatic carbocycles. The Kier molecular flexibility index (Phi) is 3.23. The first kappa shape index (κ1) is 10.9. The summed E-state index contributed by atoms with van der Waals surface area (Å²) in [5.41, 5.74) is 0.894. The van der Waals surface area contributed by atoms with Crippen LogP contribution in [0.1, 0.15) is 0 Å². The van der Waals surface area contributed by atoms with E-state index in [1.165, 1.54) is 11.5 Å². The predicted molar refractivity (Wildman–Crippen MR) is 64.6 cm³/mol. The Morgan fingerprint density at radius 1 is 1.47 bits per heavy atom. The molecule has 0 radical (unpaired) electrons. The summed E-state index contributed by atoms with van der Waals surface area (Å²) in [6, 6.07) is 5.43. The van der Waals surface area contributed by atoms with E-state index in [1.54, 1.807) is 19.2 Å². The average Bonchev–Trinajstić information content (AvgIpc) is 2.64. The van der Waals surface area contributed by atoms with Crippen molar-refractivity contribution in [2.24, 2.45) is 0 Å². The molecule has 0 aliphatic heterocycles. The van der Waals surface area contributed by atoms with Crippen LogP contribution in [0.5, 0.6) is 5.75 Å². The first-order chi connectivity index (χ1) is 7.20. The van der Waals surface area contributed by atoms with Crippen molar-refractivity contribution in [3.8, 4) is 16.3 Å². The lowest BCUT2D eigenvalue weighted by atomic mass is 10.2. The summed E-state index contributed by atoms with van der Waals surface area (Å²) in [6.07, 6.45) is 0. The molecule has 1 aromatic heterocycles. The van der Waals surface area contributed by atoms with Gasteiger partial charge >= 0.3 is 0 Å². The molecule has 3 nitrogen and oxygen atoms in total. The SMILES string of the molecule is COc1cc(Cl)ccc1-c1nc(Br)ns1. The highest BCUT2D eigenvalue weighted by atomic mass is 79.9. The molecule has 2 aromatic rings. The summed E-state index contributed by atoms with van der Waals surface area (Å²) < 4.78 is 9.86. The molecule has 2 rings (SSSR count). The Morgan fingerprint density at radius 3 is 2.87 bits per heavy atom. The van der Waals surface area contributed by atoms with Gasteiger partial charge in [-0.25, -0.2) is 4.98 Å². The molecule has 0 bridgehead atoms. The molecule has 0 spiro atoms. The van der Waals surface area contributed by atoms with E-state index in [2.05, 4.69) is 25.3 Å². The predicted octanol–water partition coefficient (Wildman–Crippen LogP) is 3.63. The van der Waals surface area contributed by atoms with Crippen molar-refractivity contribution in [3.63, 3.8) is 0 Å². The van der Waals surface area contributed by atoms with Crippen molar-refractivity contribution >= 4 is 39.1 Å². The summed E-state index contributed by atoms with van der Waals surface area (Å²) in [4.78, 5) is 4.22. The van der Waals surface area contributed by atoms with Gasteiger partial charge in [-0.05, 0) is 45.7 Å². The third-order valence-electron chi connectivity index (χ3n) is 1.80. The molecule has 6 heteroatoms. The van der Waals surface area contributed by atoms with Gasteiger partial charge in [0.1, 0.15) is 10.8 Å². The fourth-order valence-electron chi connectivity index (χ4n) is 1.16. The smallest absolute Gasteiger partial charge is 0.209 e. The quantitative estimate of drug-likeness (QED) is 0.850. The van der Waals surface area contributed by atoms with Gasteiger partial charge in [0.2, 0.25) is 4.73 Å². The highest BCUT2D eigenvalue weighted by Gasteiger charge is 2.10. The molecule has 0 saturated carbocycles. The highest BCUT2D eigenvalue weighted by molar-refractivity contribution is 9.10. The average molecular weight is 306 g/mol. The van der Waals surface area contributed by atoms with Crippen LogP contribution in [0, 0.1) is 0 Å². The first-order valence-corrected chi connectivity index (χ1v) is 5.98. The number of methoxy groups -OCH3 is 1. The van der Waals surface area contributed by atoms with Gasteiger partial charge in [-0.3, -0.25) is 0 Å². The molecule has 0 N–H and O–H groups in total. The van der Waals surface area contributed by atoms with Crippen molar-refractivity contribution in [3.05, 3.63) is 28.0 Å². The molecular weight excluding hydrogens is 300 g/mol. The number of benzene rings is 1. The van der Waals surface area contributed by atoms with Gasteiger partial charge in [0, 0.05) is 5.02 Å². The zero-order valence-corrected chi connectivity index (χ0v) is 10.9. The first-order valence-electron chi connectivity index (χ1n) is 4.04. The molecule has 0 unspecified atom stereocenters. The number of hydrogen-bond acceptors (Lipinski definition) is 4. The molecule has 0 saturated heterocycles. The van der Waals surface area contributed by atoms with E-state index in [1.807, 2.05) is 6.07 Å². The van der Waals surface area contributed by atoms with Gasteiger partial charge in [0.15, 0.2) is 0 Å². The normalized spacial score (nSPS) is 10.3. The third-order valence-corrected chi connectivity index (χ3v) is 3.37.